The average Bonchev–Trinajstić information content (AvgIpc) is 3.49. The Hall–Kier alpha value is -5.30. The zero-order valence-corrected chi connectivity index (χ0v) is 22.7. The van der Waals surface area contributed by atoms with E-state index in [1.165, 1.54) is 6.92 Å². The van der Waals surface area contributed by atoms with Crippen LogP contribution in [-0.2, 0) is 15.0 Å². The normalized spacial score (nSPS) is 23.1. The van der Waals surface area contributed by atoms with Gasteiger partial charge in [0.2, 0.25) is 5.91 Å². The lowest BCUT2D eigenvalue weighted by molar-refractivity contribution is -0.131. The van der Waals surface area contributed by atoms with Crippen LogP contribution in [-0.4, -0.2) is 34.4 Å². The Kier molecular flexibility index (Phi) is 5.90. The molecule has 1 N–H and O–H groups in total. The standard InChI is InChI=1S/C35H26N2O5/c1-21(38)42-25-17-15-24(16-18-25)32(40)30-29(31(39)23-10-3-2-4-11-23)35(27-13-7-8-14-28(27)36-34(35)41)33-26-12-6-5-9-22(26)19-20-37(30)33/h2-20,29-30,33H,1H3,(H,36,41)/t29-,30-,33+,35-/m0/s1. The van der Waals surface area contributed by atoms with Gasteiger partial charge in [-0.25, -0.2) is 0 Å². The van der Waals surface area contributed by atoms with Crippen molar-refractivity contribution < 1.29 is 23.9 Å². The summed E-state index contributed by atoms with van der Waals surface area (Å²) in [6, 6.07) is 28.8. The summed E-state index contributed by atoms with van der Waals surface area (Å²) in [5, 5.41) is 3.05. The zero-order chi connectivity index (χ0) is 29.0. The molecule has 4 aromatic rings. The van der Waals surface area contributed by atoms with E-state index in [0.29, 0.717) is 28.1 Å². The number of carbonyl (C=O) groups is 4. The second-order valence-electron chi connectivity index (χ2n) is 10.8. The predicted octanol–water partition coefficient (Wildman–Crippen LogP) is 5.59. The quantitative estimate of drug-likeness (QED) is 0.196. The van der Waals surface area contributed by atoms with Gasteiger partial charge in [-0.15, -0.1) is 0 Å². The van der Waals surface area contributed by atoms with Crippen molar-refractivity contribution in [3.05, 3.63) is 137 Å². The molecule has 206 valence electrons. The second kappa shape index (κ2) is 9.66. The largest absolute Gasteiger partial charge is 0.427 e. The predicted molar refractivity (Wildman–Crippen MR) is 157 cm³/mol. The van der Waals surface area contributed by atoms with E-state index in [9.17, 15) is 19.2 Å². The maximum absolute atomic E-state index is 14.7. The minimum Gasteiger partial charge on any atom is -0.427 e. The molecule has 0 saturated carbocycles. The van der Waals surface area contributed by atoms with Crippen molar-refractivity contribution in [3.63, 3.8) is 0 Å². The van der Waals surface area contributed by atoms with E-state index in [0.717, 1.165) is 11.1 Å². The Morgan fingerprint density at radius 3 is 2.21 bits per heavy atom. The molecule has 3 aliphatic rings. The smallest absolute Gasteiger partial charge is 0.308 e. The molecule has 1 saturated heterocycles. The number of Topliss-reactive ketones (excluding diaryl/α,β-unsaturated/α-hetero) is 2. The van der Waals surface area contributed by atoms with Crippen LogP contribution in [0.4, 0.5) is 5.69 Å². The third-order valence-corrected chi connectivity index (χ3v) is 8.58. The maximum Gasteiger partial charge on any atom is 0.308 e. The number of anilines is 1. The molecular weight excluding hydrogens is 528 g/mol. The third-order valence-electron chi connectivity index (χ3n) is 8.58. The summed E-state index contributed by atoms with van der Waals surface area (Å²) >= 11 is 0. The molecule has 0 bridgehead atoms. The van der Waals surface area contributed by atoms with Crippen LogP contribution < -0.4 is 10.1 Å². The SMILES string of the molecule is CC(=O)Oc1ccc(C(=O)[C@@H]2[C@@H](C(=O)c3ccccc3)[C@]3(C(=O)Nc4ccccc43)[C@H]3c4ccccc4C=CN23)cc1. The molecule has 1 spiro atoms. The minimum absolute atomic E-state index is 0.280. The van der Waals surface area contributed by atoms with Crippen molar-refractivity contribution in [2.24, 2.45) is 5.92 Å². The number of benzene rings is 4. The molecule has 0 aromatic heterocycles. The van der Waals surface area contributed by atoms with Crippen LogP contribution in [0.5, 0.6) is 5.75 Å². The van der Waals surface area contributed by atoms with Gasteiger partial charge in [0.05, 0.1) is 12.0 Å². The molecule has 4 atom stereocenters. The van der Waals surface area contributed by atoms with E-state index in [1.807, 2.05) is 71.8 Å². The molecule has 0 unspecified atom stereocenters. The van der Waals surface area contributed by atoms with Gasteiger partial charge in [-0.2, -0.15) is 0 Å². The molecule has 7 rings (SSSR count). The van der Waals surface area contributed by atoms with E-state index in [-0.39, 0.29) is 17.5 Å². The lowest BCUT2D eigenvalue weighted by atomic mass is 9.62. The number of para-hydroxylation sites is 1. The Labute approximate surface area is 242 Å². The highest BCUT2D eigenvalue weighted by Crippen LogP contribution is 2.62. The van der Waals surface area contributed by atoms with E-state index in [4.69, 9.17) is 4.74 Å². The van der Waals surface area contributed by atoms with E-state index in [1.54, 1.807) is 48.5 Å². The van der Waals surface area contributed by atoms with Crippen LogP contribution >= 0.6 is 0 Å². The van der Waals surface area contributed by atoms with Crippen LogP contribution in [0.15, 0.2) is 109 Å². The van der Waals surface area contributed by atoms with E-state index < -0.39 is 29.4 Å². The van der Waals surface area contributed by atoms with Gasteiger partial charge in [-0.1, -0.05) is 72.8 Å². The highest BCUT2D eigenvalue weighted by atomic mass is 16.5. The van der Waals surface area contributed by atoms with E-state index >= 15 is 0 Å². The number of fused-ring (bicyclic) bond motifs is 6. The van der Waals surface area contributed by atoms with Crippen molar-refractivity contribution >= 4 is 35.2 Å². The van der Waals surface area contributed by atoms with Crippen LogP contribution in [0.1, 0.15) is 50.4 Å². The number of hydrogen-bond acceptors (Lipinski definition) is 6. The highest BCUT2D eigenvalue weighted by molar-refractivity contribution is 6.16. The molecule has 4 aromatic carbocycles. The minimum atomic E-state index is -1.39. The van der Waals surface area contributed by atoms with Gasteiger partial charge in [0.1, 0.15) is 17.2 Å². The molecule has 7 nitrogen and oxygen atoms in total. The van der Waals surface area contributed by atoms with Crippen molar-refractivity contribution in [1.29, 1.82) is 0 Å². The monoisotopic (exact) mass is 554 g/mol. The summed E-state index contributed by atoms with van der Waals surface area (Å²) in [5.74, 6) is -2.10. The maximum atomic E-state index is 14.7. The second-order valence-corrected chi connectivity index (χ2v) is 10.8. The van der Waals surface area contributed by atoms with Crippen molar-refractivity contribution in [2.45, 2.75) is 24.4 Å². The number of nitrogens with zero attached hydrogens (tertiary/aromatic N) is 1. The molecule has 3 heterocycles. The number of ether oxygens (including phenoxy) is 1. The van der Waals surface area contributed by atoms with Crippen molar-refractivity contribution in [3.8, 4) is 5.75 Å². The zero-order valence-electron chi connectivity index (χ0n) is 22.7. The number of carbonyl (C=O) groups excluding carboxylic acids is 4. The first kappa shape index (κ1) is 25.7. The van der Waals surface area contributed by atoms with Crippen LogP contribution in [0.25, 0.3) is 6.08 Å². The first-order valence-electron chi connectivity index (χ1n) is 13.8. The van der Waals surface area contributed by atoms with Crippen molar-refractivity contribution in [2.75, 3.05) is 5.32 Å². The topological polar surface area (TPSA) is 92.8 Å². The van der Waals surface area contributed by atoms with E-state index in [2.05, 4.69) is 5.32 Å². The Morgan fingerprint density at radius 2 is 1.45 bits per heavy atom. The van der Waals surface area contributed by atoms with Crippen molar-refractivity contribution in [1.82, 2.24) is 4.90 Å². The summed E-state index contributed by atoms with van der Waals surface area (Å²) in [4.78, 5) is 57.1. The summed E-state index contributed by atoms with van der Waals surface area (Å²) in [6.07, 6.45) is 3.77. The number of esters is 1. The number of amides is 1. The fraction of sp³-hybridized carbons (Fsp3) is 0.143. The summed E-state index contributed by atoms with van der Waals surface area (Å²) in [6.45, 7) is 1.31. The first-order chi connectivity index (χ1) is 20.4. The fourth-order valence-corrected chi connectivity index (χ4v) is 6.97. The van der Waals surface area contributed by atoms with Gasteiger partial charge in [-0.3, -0.25) is 19.2 Å². The fourth-order valence-electron chi connectivity index (χ4n) is 6.97. The molecule has 42 heavy (non-hydrogen) atoms. The molecule has 1 fully saturated rings. The Bertz CT molecular complexity index is 1800. The Balaban J connectivity index is 1.48. The average molecular weight is 555 g/mol. The summed E-state index contributed by atoms with van der Waals surface area (Å²) in [5.41, 5.74) is 2.53. The van der Waals surface area contributed by atoms with Crippen LogP contribution in [0.3, 0.4) is 0 Å². The molecule has 3 aliphatic heterocycles. The van der Waals surface area contributed by atoms with Gasteiger partial charge in [-0.05, 0) is 53.1 Å². The number of rotatable bonds is 5. The molecular formula is C35H26N2O5. The number of hydrogen-bond donors (Lipinski definition) is 1. The summed E-state index contributed by atoms with van der Waals surface area (Å²) < 4.78 is 5.17. The van der Waals surface area contributed by atoms with Gasteiger partial charge in [0, 0.05) is 29.9 Å². The first-order valence-corrected chi connectivity index (χ1v) is 13.8. The van der Waals surface area contributed by atoms with Crippen LogP contribution in [0.2, 0.25) is 0 Å². The molecule has 1 amide bonds. The number of ketones is 2. The Morgan fingerprint density at radius 1 is 0.786 bits per heavy atom. The van der Waals surface area contributed by atoms with Gasteiger partial charge in [0.25, 0.3) is 0 Å². The van der Waals surface area contributed by atoms with Gasteiger partial charge < -0.3 is 15.0 Å². The lowest BCUT2D eigenvalue weighted by Crippen LogP contribution is -2.49. The molecule has 0 aliphatic carbocycles. The lowest BCUT2D eigenvalue weighted by Gasteiger charge is -2.38. The molecule has 0 radical (unpaired) electrons. The van der Waals surface area contributed by atoms with Gasteiger partial charge in [0.15, 0.2) is 11.6 Å². The van der Waals surface area contributed by atoms with Gasteiger partial charge >= 0.3 is 5.97 Å². The third kappa shape index (κ3) is 3.66. The summed E-state index contributed by atoms with van der Waals surface area (Å²) in [7, 11) is 0. The highest BCUT2D eigenvalue weighted by Gasteiger charge is 2.70. The van der Waals surface area contributed by atoms with Crippen LogP contribution in [0, 0.1) is 5.92 Å². The molecule has 7 heteroatoms. The number of nitrogens with one attached hydrogen (secondary N) is 1.